The van der Waals surface area contributed by atoms with Crippen LogP contribution < -0.4 is 10.6 Å². The van der Waals surface area contributed by atoms with Crippen molar-refractivity contribution in [1.82, 2.24) is 10.2 Å². The Kier molecular flexibility index (Phi) is 11.0. The predicted octanol–water partition coefficient (Wildman–Crippen LogP) is 7.11. The number of nitrogens with zero attached hydrogens (tertiary/aromatic N) is 1. The Hall–Kier alpha value is -3.35. The molecule has 0 saturated carbocycles. The van der Waals surface area contributed by atoms with E-state index in [0.717, 1.165) is 28.8 Å². The molecule has 0 aliphatic heterocycles. The van der Waals surface area contributed by atoms with E-state index in [9.17, 15) is 14.4 Å². The molecule has 0 saturated heterocycles. The van der Waals surface area contributed by atoms with Crippen molar-refractivity contribution in [3.8, 4) is 0 Å². The number of carbonyl (C=O) groups excluding carboxylic acids is 3. The van der Waals surface area contributed by atoms with Crippen LogP contribution in [0.15, 0.2) is 42.5 Å². The molecule has 7 nitrogen and oxygen atoms in total. The van der Waals surface area contributed by atoms with Gasteiger partial charge in [0, 0.05) is 11.2 Å². The summed E-state index contributed by atoms with van der Waals surface area (Å²) in [6, 6.07) is 11.9. The highest BCUT2D eigenvalue weighted by molar-refractivity contribution is 6.00. The summed E-state index contributed by atoms with van der Waals surface area (Å²) >= 11 is 0. The minimum absolute atomic E-state index is 0.250. The molecule has 2 atom stereocenters. The molecule has 0 fully saturated rings. The summed E-state index contributed by atoms with van der Waals surface area (Å²) in [4.78, 5) is 43.2. The van der Waals surface area contributed by atoms with Crippen molar-refractivity contribution >= 4 is 23.6 Å². The molecular weight excluding hydrogens is 502 g/mol. The molecule has 2 aromatic carbocycles. The molecule has 2 N–H and O–H groups in total. The minimum Gasteiger partial charge on any atom is -0.444 e. The fraction of sp³-hybridized carbons (Fsp3) is 0.545. The fourth-order valence-corrected chi connectivity index (χ4v) is 4.60. The second-order valence-electron chi connectivity index (χ2n) is 12.5. The lowest BCUT2D eigenvalue weighted by Gasteiger charge is -2.45. The van der Waals surface area contributed by atoms with Crippen molar-refractivity contribution in [2.45, 2.75) is 112 Å². The molecule has 7 heteroatoms. The SMILES string of the molecule is CCc1ccc(C(C(=O)Nc2c(C)cccc2C)N(C(=O)C(NC(=O)OC(C)(C)C)C(C)C)C(C)(C)CC)cc1. The highest BCUT2D eigenvalue weighted by Crippen LogP contribution is 2.34. The van der Waals surface area contributed by atoms with Crippen LogP contribution in [0.5, 0.6) is 0 Å². The van der Waals surface area contributed by atoms with Gasteiger partial charge in [-0.2, -0.15) is 0 Å². The zero-order valence-corrected chi connectivity index (χ0v) is 26.3. The summed E-state index contributed by atoms with van der Waals surface area (Å²) in [6.07, 6.45) is 0.784. The number of ether oxygens (including phenoxy) is 1. The number of benzene rings is 2. The van der Waals surface area contributed by atoms with Gasteiger partial charge in [-0.05, 0) is 89.5 Å². The average Bonchev–Trinajstić information content (AvgIpc) is 2.86. The molecule has 0 aliphatic carbocycles. The van der Waals surface area contributed by atoms with Gasteiger partial charge in [-0.1, -0.05) is 70.2 Å². The van der Waals surface area contributed by atoms with E-state index >= 15 is 0 Å². The third-order valence-electron chi connectivity index (χ3n) is 7.30. The smallest absolute Gasteiger partial charge is 0.408 e. The van der Waals surface area contributed by atoms with Crippen LogP contribution in [0.2, 0.25) is 0 Å². The first-order valence-electron chi connectivity index (χ1n) is 14.3. The van der Waals surface area contributed by atoms with Gasteiger partial charge in [-0.15, -0.1) is 0 Å². The maximum atomic E-state index is 14.5. The van der Waals surface area contributed by atoms with E-state index in [4.69, 9.17) is 4.74 Å². The Bertz CT molecular complexity index is 1160. The third-order valence-corrected chi connectivity index (χ3v) is 7.30. The van der Waals surface area contributed by atoms with Crippen molar-refractivity contribution < 1.29 is 19.1 Å². The lowest BCUT2D eigenvalue weighted by Crippen LogP contribution is -2.60. The number of rotatable bonds is 10. The van der Waals surface area contributed by atoms with E-state index in [1.165, 1.54) is 0 Å². The molecule has 0 bridgehead atoms. The van der Waals surface area contributed by atoms with Gasteiger partial charge in [0.25, 0.3) is 5.91 Å². The Labute approximate surface area is 241 Å². The number of carbonyl (C=O) groups is 3. The lowest BCUT2D eigenvalue weighted by molar-refractivity contribution is -0.148. The maximum Gasteiger partial charge on any atom is 0.408 e. The van der Waals surface area contributed by atoms with Gasteiger partial charge >= 0.3 is 6.09 Å². The molecule has 0 heterocycles. The van der Waals surface area contributed by atoms with Gasteiger partial charge in [0.05, 0.1) is 0 Å². The summed E-state index contributed by atoms with van der Waals surface area (Å²) in [5.41, 5.74) is 3.02. The van der Waals surface area contributed by atoms with Gasteiger partial charge in [0.1, 0.15) is 17.7 Å². The van der Waals surface area contributed by atoms with Crippen LogP contribution in [0.1, 0.15) is 97.0 Å². The second kappa shape index (κ2) is 13.3. The quantitative estimate of drug-likeness (QED) is 0.329. The van der Waals surface area contributed by atoms with Crippen LogP contribution in [0.4, 0.5) is 10.5 Å². The summed E-state index contributed by atoms with van der Waals surface area (Å²) in [5.74, 6) is -0.898. The van der Waals surface area contributed by atoms with Gasteiger partial charge < -0.3 is 20.3 Å². The Morgan fingerprint density at radius 1 is 0.900 bits per heavy atom. The molecule has 40 heavy (non-hydrogen) atoms. The number of aryl methyl sites for hydroxylation is 3. The second-order valence-corrected chi connectivity index (χ2v) is 12.5. The van der Waals surface area contributed by atoms with Gasteiger partial charge in [0.2, 0.25) is 5.91 Å². The van der Waals surface area contributed by atoms with Crippen LogP contribution in [0, 0.1) is 19.8 Å². The zero-order chi connectivity index (χ0) is 30.4. The van der Waals surface area contributed by atoms with Crippen LogP contribution in [0.25, 0.3) is 0 Å². The molecule has 220 valence electrons. The molecule has 0 radical (unpaired) electrons. The molecule has 2 rings (SSSR count). The molecule has 2 aromatic rings. The molecule has 0 aromatic heterocycles. The van der Waals surface area contributed by atoms with Crippen LogP contribution in [-0.4, -0.2) is 40.0 Å². The zero-order valence-electron chi connectivity index (χ0n) is 26.3. The van der Waals surface area contributed by atoms with E-state index in [-0.39, 0.29) is 17.7 Å². The van der Waals surface area contributed by atoms with Crippen molar-refractivity contribution in [1.29, 1.82) is 0 Å². The molecule has 0 spiro atoms. The van der Waals surface area contributed by atoms with Crippen molar-refractivity contribution in [2.75, 3.05) is 5.32 Å². The largest absolute Gasteiger partial charge is 0.444 e. The van der Waals surface area contributed by atoms with Crippen LogP contribution >= 0.6 is 0 Å². The summed E-state index contributed by atoms with van der Waals surface area (Å²) in [5, 5.41) is 5.93. The van der Waals surface area contributed by atoms with E-state index < -0.39 is 29.3 Å². The summed E-state index contributed by atoms with van der Waals surface area (Å²) in [7, 11) is 0. The number of para-hydroxylation sites is 1. The first-order valence-corrected chi connectivity index (χ1v) is 14.3. The molecule has 0 aliphatic rings. The average molecular weight is 552 g/mol. The number of anilines is 1. The number of alkyl carbamates (subject to hydrolysis) is 1. The molecular formula is C33H49N3O4. The van der Waals surface area contributed by atoms with Crippen LogP contribution in [-0.2, 0) is 20.7 Å². The third kappa shape index (κ3) is 8.33. The van der Waals surface area contributed by atoms with Crippen molar-refractivity contribution in [3.63, 3.8) is 0 Å². The Morgan fingerprint density at radius 3 is 1.90 bits per heavy atom. The van der Waals surface area contributed by atoms with Crippen molar-refractivity contribution in [3.05, 3.63) is 64.7 Å². The number of nitrogens with one attached hydrogen (secondary N) is 2. The number of hydrogen-bond acceptors (Lipinski definition) is 4. The maximum absolute atomic E-state index is 14.5. The highest BCUT2D eigenvalue weighted by atomic mass is 16.6. The molecule has 3 amide bonds. The van der Waals surface area contributed by atoms with E-state index in [1.54, 1.807) is 25.7 Å². The monoisotopic (exact) mass is 551 g/mol. The van der Waals surface area contributed by atoms with Gasteiger partial charge in [-0.3, -0.25) is 9.59 Å². The molecule has 2 unspecified atom stereocenters. The van der Waals surface area contributed by atoms with Crippen molar-refractivity contribution in [2.24, 2.45) is 5.92 Å². The van der Waals surface area contributed by atoms with Crippen LogP contribution in [0.3, 0.4) is 0 Å². The first-order chi connectivity index (χ1) is 18.5. The van der Waals surface area contributed by atoms with E-state index in [0.29, 0.717) is 12.0 Å². The first kappa shape index (κ1) is 32.9. The van der Waals surface area contributed by atoms with E-state index in [1.807, 2.05) is 90.9 Å². The van der Waals surface area contributed by atoms with Gasteiger partial charge in [-0.25, -0.2) is 4.79 Å². The highest BCUT2D eigenvalue weighted by Gasteiger charge is 2.44. The fourth-order valence-electron chi connectivity index (χ4n) is 4.60. The van der Waals surface area contributed by atoms with Gasteiger partial charge in [0.15, 0.2) is 0 Å². The number of hydrogen-bond donors (Lipinski definition) is 2. The topological polar surface area (TPSA) is 87.7 Å². The minimum atomic E-state index is -0.936. The summed E-state index contributed by atoms with van der Waals surface area (Å²) < 4.78 is 5.48. The van der Waals surface area contributed by atoms with E-state index in [2.05, 4.69) is 17.6 Å². The lowest BCUT2D eigenvalue weighted by atomic mass is 9.90. The Morgan fingerprint density at radius 2 is 1.45 bits per heavy atom. The Balaban J connectivity index is 2.68. The predicted molar refractivity (Wildman–Crippen MR) is 162 cm³/mol. The summed E-state index contributed by atoms with van der Waals surface area (Å²) in [6.45, 7) is 21.0. The normalized spacial score (nSPS) is 13.4. The number of amides is 3. The standard InChI is InChI=1S/C33H49N3O4/c1-12-24-17-19-25(20-18-24)28(29(37)34-27-22(5)15-14-16-23(27)6)36(33(10,11)13-2)30(38)26(21(3)4)35-31(39)40-32(7,8)9/h14-21,26,28H,12-13H2,1-11H3,(H,34,37)(H,35,39).